The van der Waals surface area contributed by atoms with Crippen LogP contribution in [0.4, 0.5) is 0 Å². The summed E-state index contributed by atoms with van der Waals surface area (Å²) in [5.41, 5.74) is 2.77. The van der Waals surface area contributed by atoms with Gasteiger partial charge in [-0.2, -0.15) is 0 Å². The highest BCUT2D eigenvalue weighted by Crippen LogP contribution is 2.21. The van der Waals surface area contributed by atoms with Crippen LogP contribution < -0.4 is 0 Å². The van der Waals surface area contributed by atoms with Gasteiger partial charge in [-0.05, 0) is 33.1 Å². The van der Waals surface area contributed by atoms with Crippen LogP contribution in [0.15, 0.2) is 34.9 Å². The van der Waals surface area contributed by atoms with Gasteiger partial charge in [-0.25, -0.2) is 0 Å². The van der Waals surface area contributed by atoms with Crippen molar-refractivity contribution in [1.82, 2.24) is 19.9 Å². The van der Waals surface area contributed by atoms with E-state index in [4.69, 9.17) is 4.52 Å². The molecular weight excluding hydrogens is 380 g/mol. The minimum absolute atomic E-state index is 0.142. The maximum absolute atomic E-state index is 12.8. The third-order valence-corrected chi connectivity index (χ3v) is 6.21. The molecule has 0 radical (unpaired) electrons. The van der Waals surface area contributed by atoms with Crippen LogP contribution in [-0.2, 0) is 4.79 Å². The average Bonchev–Trinajstić information content (AvgIpc) is 3.25. The fourth-order valence-electron chi connectivity index (χ4n) is 4.25. The van der Waals surface area contributed by atoms with Gasteiger partial charge in [-0.1, -0.05) is 35.0 Å². The second-order valence-corrected chi connectivity index (χ2v) is 8.44. The van der Waals surface area contributed by atoms with E-state index in [0.29, 0.717) is 44.5 Å². The molecule has 1 aromatic carbocycles. The van der Waals surface area contributed by atoms with Crippen LogP contribution in [-0.4, -0.2) is 77.0 Å². The molecule has 4 rings (SSSR count). The fraction of sp³-hybridized carbons (Fsp3) is 0.522. The molecule has 0 aliphatic carbocycles. The zero-order chi connectivity index (χ0) is 21.1. The van der Waals surface area contributed by atoms with Crippen molar-refractivity contribution in [3.8, 4) is 11.3 Å². The molecule has 1 aromatic heterocycles. The Morgan fingerprint density at radius 2 is 1.80 bits per heavy atom. The van der Waals surface area contributed by atoms with Gasteiger partial charge < -0.3 is 14.3 Å². The van der Waals surface area contributed by atoms with Gasteiger partial charge >= 0.3 is 0 Å². The lowest BCUT2D eigenvalue weighted by Gasteiger charge is -2.37. The lowest BCUT2D eigenvalue weighted by atomic mass is 10.0. The molecule has 2 aliphatic heterocycles. The number of benzene rings is 1. The quantitative estimate of drug-likeness (QED) is 0.775. The van der Waals surface area contributed by atoms with Crippen LogP contribution in [0.5, 0.6) is 0 Å². The van der Waals surface area contributed by atoms with Gasteiger partial charge in [0.25, 0.3) is 5.91 Å². The summed E-state index contributed by atoms with van der Waals surface area (Å²) in [6.07, 6.45) is 3.40. The standard InChI is InChI=1S/C23H30N4O3/c1-17-6-8-19(9-7-17)20-15-21(30-24-20)23(29)26-13-11-25(12-14-26)16-22(28)27-10-4-3-5-18(27)2/h6-9,15,18H,3-5,10-14,16H2,1-2H3. The normalized spacial score (nSPS) is 20.4. The molecule has 3 heterocycles. The summed E-state index contributed by atoms with van der Waals surface area (Å²) in [7, 11) is 0. The van der Waals surface area contributed by atoms with Crippen LogP contribution in [0.2, 0.25) is 0 Å². The molecule has 1 atom stereocenters. The lowest BCUT2D eigenvalue weighted by Crippen LogP contribution is -2.53. The number of amides is 2. The van der Waals surface area contributed by atoms with Crippen molar-refractivity contribution in [3.05, 3.63) is 41.7 Å². The molecule has 1 unspecified atom stereocenters. The van der Waals surface area contributed by atoms with Crippen molar-refractivity contribution in [2.75, 3.05) is 39.3 Å². The summed E-state index contributed by atoms with van der Waals surface area (Å²) in [6.45, 7) is 8.03. The van der Waals surface area contributed by atoms with Crippen molar-refractivity contribution >= 4 is 11.8 Å². The first-order valence-electron chi connectivity index (χ1n) is 10.9. The Morgan fingerprint density at radius 3 is 2.50 bits per heavy atom. The molecule has 30 heavy (non-hydrogen) atoms. The molecular formula is C23H30N4O3. The molecule has 0 bridgehead atoms. The highest BCUT2D eigenvalue weighted by molar-refractivity contribution is 5.92. The number of rotatable bonds is 4. The minimum atomic E-state index is -0.142. The van der Waals surface area contributed by atoms with E-state index in [1.807, 2.05) is 36.1 Å². The highest BCUT2D eigenvalue weighted by Gasteiger charge is 2.28. The number of carbonyl (C=O) groups excluding carboxylic acids is 2. The first kappa shape index (κ1) is 20.6. The second kappa shape index (κ2) is 9.00. The van der Waals surface area contributed by atoms with Crippen molar-refractivity contribution in [2.24, 2.45) is 0 Å². The minimum Gasteiger partial charge on any atom is -0.350 e. The third kappa shape index (κ3) is 4.56. The number of aryl methyl sites for hydroxylation is 1. The predicted molar refractivity (Wildman–Crippen MR) is 114 cm³/mol. The zero-order valence-corrected chi connectivity index (χ0v) is 17.8. The van der Waals surface area contributed by atoms with Crippen molar-refractivity contribution < 1.29 is 14.1 Å². The molecule has 160 valence electrons. The van der Waals surface area contributed by atoms with Gasteiger partial charge in [0, 0.05) is 50.4 Å². The summed E-state index contributed by atoms with van der Waals surface area (Å²) < 4.78 is 5.33. The number of hydrogen-bond donors (Lipinski definition) is 0. The smallest absolute Gasteiger partial charge is 0.292 e. The fourth-order valence-corrected chi connectivity index (χ4v) is 4.25. The van der Waals surface area contributed by atoms with E-state index in [1.54, 1.807) is 11.0 Å². The van der Waals surface area contributed by atoms with Crippen LogP contribution in [0.25, 0.3) is 11.3 Å². The summed E-state index contributed by atoms with van der Waals surface area (Å²) in [4.78, 5) is 31.4. The summed E-state index contributed by atoms with van der Waals surface area (Å²) in [6, 6.07) is 10.0. The van der Waals surface area contributed by atoms with E-state index < -0.39 is 0 Å². The largest absolute Gasteiger partial charge is 0.350 e. The number of hydrogen-bond acceptors (Lipinski definition) is 5. The van der Waals surface area contributed by atoms with E-state index in [0.717, 1.165) is 24.9 Å². The number of piperazine rings is 1. The first-order chi connectivity index (χ1) is 14.5. The number of likely N-dealkylation sites (tertiary alicyclic amines) is 1. The van der Waals surface area contributed by atoms with Crippen LogP contribution >= 0.6 is 0 Å². The molecule has 0 N–H and O–H groups in total. The monoisotopic (exact) mass is 410 g/mol. The zero-order valence-electron chi connectivity index (χ0n) is 17.8. The number of piperidine rings is 1. The van der Waals surface area contributed by atoms with Gasteiger partial charge in [0.05, 0.1) is 6.54 Å². The molecule has 0 saturated carbocycles. The Bertz CT molecular complexity index is 884. The maximum Gasteiger partial charge on any atom is 0.292 e. The lowest BCUT2D eigenvalue weighted by molar-refractivity contribution is -0.136. The van der Waals surface area contributed by atoms with Crippen molar-refractivity contribution in [3.63, 3.8) is 0 Å². The third-order valence-electron chi connectivity index (χ3n) is 6.21. The van der Waals surface area contributed by atoms with Gasteiger partial charge in [-0.3, -0.25) is 14.5 Å². The second-order valence-electron chi connectivity index (χ2n) is 8.44. The van der Waals surface area contributed by atoms with Gasteiger partial charge in [0.1, 0.15) is 5.69 Å². The van der Waals surface area contributed by atoms with E-state index >= 15 is 0 Å². The first-order valence-corrected chi connectivity index (χ1v) is 10.9. The van der Waals surface area contributed by atoms with Crippen molar-refractivity contribution in [2.45, 2.75) is 39.2 Å². The molecule has 7 heteroatoms. The molecule has 7 nitrogen and oxygen atoms in total. The van der Waals surface area contributed by atoms with Gasteiger partial charge in [0.15, 0.2) is 0 Å². The molecule has 2 amide bonds. The van der Waals surface area contributed by atoms with E-state index in [2.05, 4.69) is 17.0 Å². The summed E-state index contributed by atoms with van der Waals surface area (Å²) >= 11 is 0. The molecule has 2 fully saturated rings. The predicted octanol–water partition coefficient (Wildman–Crippen LogP) is 2.81. The van der Waals surface area contributed by atoms with E-state index in [1.165, 1.54) is 12.0 Å². The Hall–Kier alpha value is -2.67. The number of aromatic nitrogens is 1. The van der Waals surface area contributed by atoms with Crippen LogP contribution in [0, 0.1) is 6.92 Å². The summed E-state index contributed by atoms with van der Waals surface area (Å²) in [5.74, 6) is 0.327. The van der Waals surface area contributed by atoms with E-state index in [9.17, 15) is 9.59 Å². The topological polar surface area (TPSA) is 69.9 Å². The Balaban J connectivity index is 1.30. The molecule has 0 spiro atoms. The average molecular weight is 411 g/mol. The summed E-state index contributed by atoms with van der Waals surface area (Å²) in [5, 5.41) is 4.06. The van der Waals surface area contributed by atoms with Crippen LogP contribution in [0.3, 0.4) is 0 Å². The molecule has 2 aliphatic rings. The SMILES string of the molecule is Cc1ccc(-c2cc(C(=O)N3CCN(CC(=O)N4CCCCC4C)CC3)on2)cc1. The Labute approximate surface area is 177 Å². The molecule has 2 aromatic rings. The highest BCUT2D eigenvalue weighted by atomic mass is 16.5. The number of nitrogens with zero attached hydrogens (tertiary/aromatic N) is 4. The Morgan fingerprint density at radius 1 is 1.07 bits per heavy atom. The van der Waals surface area contributed by atoms with Crippen molar-refractivity contribution in [1.29, 1.82) is 0 Å². The van der Waals surface area contributed by atoms with E-state index in [-0.39, 0.29) is 17.6 Å². The maximum atomic E-state index is 12.8. The number of carbonyl (C=O) groups is 2. The molecule has 2 saturated heterocycles. The van der Waals surface area contributed by atoms with Crippen LogP contribution in [0.1, 0.15) is 42.3 Å². The Kier molecular flexibility index (Phi) is 6.18. The van der Waals surface area contributed by atoms with Gasteiger partial charge in [-0.15, -0.1) is 0 Å². The van der Waals surface area contributed by atoms with Gasteiger partial charge in [0.2, 0.25) is 11.7 Å².